The van der Waals surface area contributed by atoms with E-state index in [2.05, 4.69) is 12.9 Å². The summed E-state index contributed by atoms with van der Waals surface area (Å²) in [6.07, 6.45) is 5.25. The fourth-order valence-corrected chi connectivity index (χ4v) is 1.64. The lowest BCUT2D eigenvalue weighted by Crippen LogP contribution is -2.10. The SMILES string of the molecule is SOC1(C2CC2)CC1. The van der Waals surface area contributed by atoms with Gasteiger partial charge in [-0.2, -0.15) is 0 Å². The van der Waals surface area contributed by atoms with Crippen molar-refractivity contribution < 1.29 is 4.18 Å². The van der Waals surface area contributed by atoms with Gasteiger partial charge in [0.05, 0.1) is 5.60 Å². The van der Waals surface area contributed by atoms with E-state index in [0.29, 0.717) is 0 Å². The van der Waals surface area contributed by atoms with E-state index in [0.717, 1.165) is 5.92 Å². The molecule has 0 heterocycles. The Labute approximate surface area is 55.0 Å². The van der Waals surface area contributed by atoms with Gasteiger partial charge in [0, 0.05) is 0 Å². The summed E-state index contributed by atoms with van der Waals surface area (Å²) in [4.78, 5) is 0. The predicted molar refractivity (Wildman–Crippen MR) is 34.8 cm³/mol. The van der Waals surface area contributed by atoms with Crippen LogP contribution in [0.15, 0.2) is 0 Å². The highest BCUT2D eigenvalue weighted by Gasteiger charge is 2.55. The smallest absolute Gasteiger partial charge is 0.0856 e. The summed E-state index contributed by atoms with van der Waals surface area (Å²) in [5, 5.41) is 0. The minimum absolute atomic E-state index is 0.267. The molecule has 46 valence electrons. The van der Waals surface area contributed by atoms with Gasteiger partial charge in [-0.25, -0.2) is 0 Å². The van der Waals surface area contributed by atoms with Crippen molar-refractivity contribution in [3.63, 3.8) is 0 Å². The Bertz CT molecular complexity index is 105. The van der Waals surface area contributed by atoms with Crippen molar-refractivity contribution in [3.8, 4) is 0 Å². The number of thiol groups is 1. The Kier molecular flexibility index (Phi) is 0.910. The highest BCUT2D eigenvalue weighted by Crippen LogP contribution is 2.56. The lowest BCUT2D eigenvalue weighted by molar-refractivity contribution is 0.194. The van der Waals surface area contributed by atoms with Gasteiger partial charge in [0.15, 0.2) is 0 Å². The first-order valence-electron chi connectivity index (χ1n) is 3.20. The molecule has 0 atom stereocenters. The summed E-state index contributed by atoms with van der Waals surface area (Å²) in [5.74, 6) is 0.875. The van der Waals surface area contributed by atoms with Gasteiger partial charge in [-0.15, -0.1) is 0 Å². The van der Waals surface area contributed by atoms with Crippen LogP contribution >= 0.6 is 12.9 Å². The Balaban J connectivity index is 1.99. The molecule has 0 amide bonds. The zero-order valence-electron chi connectivity index (χ0n) is 4.76. The molecule has 2 aliphatic carbocycles. The Morgan fingerprint density at radius 1 is 1.38 bits per heavy atom. The maximum Gasteiger partial charge on any atom is 0.0856 e. The van der Waals surface area contributed by atoms with Crippen LogP contribution in [0.4, 0.5) is 0 Å². The zero-order valence-corrected chi connectivity index (χ0v) is 5.66. The van der Waals surface area contributed by atoms with E-state index in [9.17, 15) is 0 Å². The molecular formula is C6H10OS. The summed E-state index contributed by atoms with van der Waals surface area (Å²) in [6, 6.07) is 0. The molecule has 2 heteroatoms. The van der Waals surface area contributed by atoms with Crippen LogP contribution in [0.25, 0.3) is 0 Å². The molecule has 0 aromatic heterocycles. The third-order valence-electron chi connectivity index (χ3n) is 2.25. The van der Waals surface area contributed by atoms with Crippen LogP contribution in [-0.4, -0.2) is 5.60 Å². The summed E-state index contributed by atoms with van der Waals surface area (Å²) < 4.78 is 5.07. The molecule has 1 nitrogen and oxygen atoms in total. The molecule has 0 N–H and O–H groups in total. The van der Waals surface area contributed by atoms with E-state index in [4.69, 9.17) is 4.18 Å². The van der Waals surface area contributed by atoms with Gasteiger partial charge in [-0.1, -0.05) is 0 Å². The van der Waals surface area contributed by atoms with Gasteiger partial charge in [0.1, 0.15) is 0 Å². The van der Waals surface area contributed by atoms with Crippen molar-refractivity contribution >= 4 is 12.9 Å². The molecule has 2 aliphatic rings. The average Bonchev–Trinajstić information content (AvgIpc) is 2.63. The van der Waals surface area contributed by atoms with Crippen LogP contribution in [0.1, 0.15) is 25.7 Å². The van der Waals surface area contributed by atoms with Crippen molar-refractivity contribution in [3.05, 3.63) is 0 Å². The highest BCUT2D eigenvalue weighted by molar-refractivity contribution is 7.75. The molecule has 0 aliphatic heterocycles. The van der Waals surface area contributed by atoms with E-state index < -0.39 is 0 Å². The molecule has 0 bridgehead atoms. The minimum atomic E-state index is 0.267. The average molecular weight is 130 g/mol. The highest BCUT2D eigenvalue weighted by atomic mass is 32.1. The largest absolute Gasteiger partial charge is 0.312 e. The number of rotatable bonds is 2. The first-order valence-corrected chi connectivity index (χ1v) is 3.56. The second kappa shape index (κ2) is 1.42. The van der Waals surface area contributed by atoms with Gasteiger partial charge in [-0.3, -0.25) is 0 Å². The Hall–Kier alpha value is 0.310. The fraction of sp³-hybridized carbons (Fsp3) is 1.00. The van der Waals surface area contributed by atoms with Crippen molar-refractivity contribution in [1.29, 1.82) is 0 Å². The fourth-order valence-electron chi connectivity index (χ4n) is 1.31. The second-order valence-electron chi connectivity index (χ2n) is 2.93. The molecule has 0 spiro atoms. The summed E-state index contributed by atoms with van der Waals surface area (Å²) in [7, 11) is 0. The van der Waals surface area contributed by atoms with E-state index in [1.807, 2.05) is 0 Å². The molecule has 0 aromatic rings. The maximum atomic E-state index is 5.07. The quantitative estimate of drug-likeness (QED) is 0.443. The molecule has 8 heavy (non-hydrogen) atoms. The van der Waals surface area contributed by atoms with Crippen molar-refractivity contribution in [2.24, 2.45) is 5.92 Å². The van der Waals surface area contributed by atoms with Crippen LogP contribution in [-0.2, 0) is 4.18 Å². The van der Waals surface area contributed by atoms with Gasteiger partial charge in [0.2, 0.25) is 0 Å². The first kappa shape index (κ1) is 5.12. The van der Waals surface area contributed by atoms with Crippen LogP contribution in [0.2, 0.25) is 0 Å². The lowest BCUT2D eigenvalue weighted by atomic mass is 10.2. The summed E-state index contributed by atoms with van der Waals surface area (Å²) in [5.41, 5.74) is 0.267. The van der Waals surface area contributed by atoms with Gasteiger partial charge in [0.25, 0.3) is 0 Å². The molecular weight excluding hydrogens is 120 g/mol. The lowest BCUT2D eigenvalue weighted by Gasteiger charge is -2.07. The van der Waals surface area contributed by atoms with Crippen molar-refractivity contribution in [2.75, 3.05) is 0 Å². The summed E-state index contributed by atoms with van der Waals surface area (Å²) >= 11 is 3.84. The minimum Gasteiger partial charge on any atom is -0.312 e. The first-order chi connectivity index (χ1) is 3.87. The number of hydrogen-bond donors (Lipinski definition) is 1. The van der Waals surface area contributed by atoms with Crippen LogP contribution in [0.3, 0.4) is 0 Å². The molecule has 2 fully saturated rings. The number of hydrogen-bond acceptors (Lipinski definition) is 2. The van der Waals surface area contributed by atoms with E-state index in [1.54, 1.807) is 0 Å². The topological polar surface area (TPSA) is 9.23 Å². The Morgan fingerprint density at radius 2 is 2.00 bits per heavy atom. The van der Waals surface area contributed by atoms with Crippen LogP contribution < -0.4 is 0 Å². The molecule has 0 radical (unpaired) electrons. The van der Waals surface area contributed by atoms with Gasteiger partial charge >= 0.3 is 0 Å². The van der Waals surface area contributed by atoms with Crippen LogP contribution in [0.5, 0.6) is 0 Å². The maximum absolute atomic E-state index is 5.07. The van der Waals surface area contributed by atoms with Gasteiger partial charge < -0.3 is 4.18 Å². The molecule has 2 saturated carbocycles. The molecule has 0 aromatic carbocycles. The molecule has 2 rings (SSSR count). The third-order valence-corrected chi connectivity index (χ3v) is 2.61. The summed E-state index contributed by atoms with van der Waals surface area (Å²) in [6.45, 7) is 0. The molecule has 0 saturated heterocycles. The normalized spacial score (nSPS) is 32.6. The van der Waals surface area contributed by atoms with Crippen LogP contribution in [0, 0.1) is 5.92 Å². The monoisotopic (exact) mass is 130 g/mol. The van der Waals surface area contributed by atoms with E-state index in [1.165, 1.54) is 25.7 Å². The second-order valence-corrected chi connectivity index (χ2v) is 3.11. The Morgan fingerprint density at radius 3 is 2.12 bits per heavy atom. The zero-order chi connectivity index (χ0) is 5.61. The van der Waals surface area contributed by atoms with E-state index >= 15 is 0 Å². The predicted octanol–water partition coefficient (Wildman–Crippen LogP) is 1.79. The standard InChI is InChI=1S/C6H10OS/c8-7-6(3-4-6)5-1-2-5/h5,8H,1-4H2. The van der Waals surface area contributed by atoms with E-state index in [-0.39, 0.29) is 5.60 Å². The third kappa shape index (κ3) is 0.594. The van der Waals surface area contributed by atoms with Gasteiger partial charge in [-0.05, 0) is 44.5 Å². The van der Waals surface area contributed by atoms with Crippen molar-refractivity contribution in [2.45, 2.75) is 31.3 Å². The van der Waals surface area contributed by atoms with Crippen molar-refractivity contribution in [1.82, 2.24) is 0 Å². The molecule has 0 unspecified atom stereocenters.